The van der Waals surface area contributed by atoms with Gasteiger partial charge in [-0.05, 0) is 46.5 Å². The van der Waals surface area contributed by atoms with E-state index in [0.717, 1.165) is 22.6 Å². The smallest absolute Gasteiger partial charge is 0.248 e. The molecule has 9 heteroatoms. The van der Waals surface area contributed by atoms with Crippen molar-refractivity contribution < 1.29 is 19.0 Å². The molecule has 0 fully saturated rings. The number of rotatable bonds is 5. The fraction of sp³-hybridized carbons (Fsp3) is 0.304. The molecule has 1 aliphatic carbocycles. The molecule has 1 aromatic heterocycles. The van der Waals surface area contributed by atoms with E-state index < -0.39 is 6.04 Å². The topological polar surface area (TPSA) is 100 Å². The highest BCUT2D eigenvalue weighted by Crippen LogP contribution is 2.47. The highest BCUT2D eigenvalue weighted by Gasteiger charge is 2.41. The molecular weight excluding hydrogens is 410 g/mol. The maximum absolute atomic E-state index is 13.5. The Balaban J connectivity index is 1.60. The molecule has 1 N–H and O–H groups in total. The highest BCUT2D eigenvalue weighted by atomic mass is 16.5. The Morgan fingerprint density at radius 2 is 1.81 bits per heavy atom. The number of benzene rings is 2. The van der Waals surface area contributed by atoms with Crippen molar-refractivity contribution in [1.82, 2.24) is 20.2 Å². The van der Waals surface area contributed by atoms with Gasteiger partial charge in [0.25, 0.3) is 0 Å². The first-order chi connectivity index (χ1) is 15.6. The molecule has 1 aliphatic heterocycles. The normalized spacial score (nSPS) is 19.7. The number of tetrazole rings is 1. The molecule has 164 valence electrons. The second kappa shape index (κ2) is 7.99. The molecule has 0 bridgehead atoms. The van der Waals surface area contributed by atoms with Crippen LogP contribution in [0.15, 0.2) is 53.7 Å². The van der Waals surface area contributed by atoms with Crippen LogP contribution in [0.5, 0.6) is 17.2 Å². The van der Waals surface area contributed by atoms with Crippen molar-refractivity contribution in [2.24, 2.45) is 0 Å². The van der Waals surface area contributed by atoms with Gasteiger partial charge in [-0.25, -0.2) is 0 Å². The number of fused-ring (bicyclic) bond motifs is 1. The molecule has 0 radical (unpaired) electrons. The number of nitrogens with zero attached hydrogens (tertiary/aromatic N) is 4. The van der Waals surface area contributed by atoms with Gasteiger partial charge < -0.3 is 19.5 Å². The maximum atomic E-state index is 13.5. The molecule has 2 aliphatic rings. The molecule has 2 aromatic carbocycles. The first-order valence-electron chi connectivity index (χ1n) is 10.3. The van der Waals surface area contributed by atoms with Crippen LogP contribution in [0.1, 0.15) is 35.9 Å². The number of carbonyl (C=O) groups excluding carboxylic acids is 1. The Morgan fingerprint density at radius 1 is 1.00 bits per heavy atom. The van der Waals surface area contributed by atoms with Gasteiger partial charge in [0.15, 0.2) is 17.3 Å². The van der Waals surface area contributed by atoms with Crippen LogP contribution < -0.4 is 19.5 Å². The van der Waals surface area contributed by atoms with Crippen LogP contribution in [0.3, 0.4) is 0 Å². The number of methoxy groups -OCH3 is 3. The first-order valence-corrected chi connectivity index (χ1v) is 10.3. The van der Waals surface area contributed by atoms with Gasteiger partial charge in [0.05, 0.1) is 21.3 Å². The quantitative estimate of drug-likeness (QED) is 0.655. The lowest BCUT2D eigenvalue weighted by molar-refractivity contribution is -0.116. The Hall–Kier alpha value is -3.88. The Bertz CT molecular complexity index is 1200. The zero-order chi connectivity index (χ0) is 22.2. The van der Waals surface area contributed by atoms with Gasteiger partial charge in [0.2, 0.25) is 5.95 Å². The van der Waals surface area contributed by atoms with E-state index in [2.05, 4.69) is 20.8 Å². The van der Waals surface area contributed by atoms with E-state index in [0.29, 0.717) is 35.9 Å². The molecule has 2 atom stereocenters. The molecule has 9 nitrogen and oxygen atoms in total. The summed E-state index contributed by atoms with van der Waals surface area (Å²) >= 11 is 0. The number of hydrogen-bond acceptors (Lipinski definition) is 8. The van der Waals surface area contributed by atoms with Crippen molar-refractivity contribution in [3.63, 3.8) is 0 Å². The van der Waals surface area contributed by atoms with E-state index in [1.807, 2.05) is 42.5 Å². The Labute approximate surface area is 185 Å². The summed E-state index contributed by atoms with van der Waals surface area (Å²) in [6.45, 7) is 0. The number of allylic oxidation sites excluding steroid dienone is 2. The van der Waals surface area contributed by atoms with E-state index in [1.54, 1.807) is 26.0 Å². The molecule has 32 heavy (non-hydrogen) atoms. The van der Waals surface area contributed by atoms with Gasteiger partial charge in [-0.3, -0.25) is 4.79 Å². The van der Waals surface area contributed by atoms with Gasteiger partial charge in [0.1, 0.15) is 11.8 Å². The minimum atomic E-state index is -0.509. The number of anilines is 1. The van der Waals surface area contributed by atoms with Gasteiger partial charge in [-0.2, -0.15) is 4.68 Å². The number of nitrogens with one attached hydrogen (secondary N) is 1. The first kappa shape index (κ1) is 20.0. The molecule has 0 amide bonds. The van der Waals surface area contributed by atoms with E-state index in [9.17, 15) is 4.79 Å². The van der Waals surface area contributed by atoms with Crippen molar-refractivity contribution in [3.8, 4) is 17.2 Å². The molecule has 0 spiro atoms. The fourth-order valence-electron chi connectivity index (χ4n) is 4.60. The standard InChI is InChI=1S/C23H23N5O4/c1-30-15-9-7-13(8-10-15)14-11-17-20(18(29)12-14)21(28-23(24-17)25-26-27-28)16-5-4-6-19(31-2)22(16)32-3/h4-10,14,21H,11-12H2,1-3H3,(H,24,25,27)/t14-,21+/m1/s1. The third-order valence-electron chi connectivity index (χ3n) is 6.10. The predicted octanol–water partition coefficient (Wildman–Crippen LogP) is 3.11. The van der Waals surface area contributed by atoms with Crippen molar-refractivity contribution in [2.45, 2.75) is 24.8 Å². The molecule has 3 aromatic rings. The largest absolute Gasteiger partial charge is 0.497 e. The van der Waals surface area contributed by atoms with Crippen molar-refractivity contribution in [2.75, 3.05) is 26.6 Å². The third-order valence-corrected chi connectivity index (χ3v) is 6.10. The summed E-state index contributed by atoms with van der Waals surface area (Å²) in [7, 11) is 4.81. The molecular formula is C23H23N5O4. The van der Waals surface area contributed by atoms with Gasteiger partial charge >= 0.3 is 0 Å². The maximum Gasteiger partial charge on any atom is 0.248 e. The molecule has 0 saturated carbocycles. The SMILES string of the molecule is COc1ccc([C@H]2CC(=O)C3=C(C2)Nc2nnnn2[C@H]3c2cccc(OC)c2OC)cc1. The minimum Gasteiger partial charge on any atom is -0.497 e. The average Bonchev–Trinajstić information content (AvgIpc) is 3.30. The summed E-state index contributed by atoms with van der Waals surface area (Å²) in [5, 5.41) is 15.4. The van der Waals surface area contributed by atoms with Gasteiger partial charge in [-0.15, -0.1) is 0 Å². The summed E-state index contributed by atoms with van der Waals surface area (Å²) < 4.78 is 18.0. The number of ketones is 1. The highest BCUT2D eigenvalue weighted by molar-refractivity contribution is 6.00. The zero-order valence-corrected chi connectivity index (χ0v) is 18.0. The summed E-state index contributed by atoms with van der Waals surface area (Å²) in [4.78, 5) is 13.5. The summed E-state index contributed by atoms with van der Waals surface area (Å²) in [6.07, 6.45) is 1.07. The molecule has 0 saturated heterocycles. The number of aromatic nitrogens is 4. The number of carbonyl (C=O) groups is 1. The number of para-hydroxylation sites is 1. The van der Waals surface area contributed by atoms with Crippen LogP contribution in [0.25, 0.3) is 0 Å². The average molecular weight is 433 g/mol. The van der Waals surface area contributed by atoms with Crippen LogP contribution in [0, 0.1) is 0 Å². The predicted molar refractivity (Wildman–Crippen MR) is 116 cm³/mol. The lowest BCUT2D eigenvalue weighted by Crippen LogP contribution is -2.33. The van der Waals surface area contributed by atoms with Crippen LogP contribution in [0.2, 0.25) is 0 Å². The van der Waals surface area contributed by atoms with E-state index in [1.165, 1.54) is 0 Å². The Kier molecular flexibility index (Phi) is 5.01. The molecule has 5 rings (SSSR count). The third kappa shape index (κ3) is 3.17. The summed E-state index contributed by atoms with van der Waals surface area (Å²) in [5.74, 6) is 2.52. The van der Waals surface area contributed by atoms with Crippen molar-refractivity contribution in [3.05, 3.63) is 64.9 Å². The Morgan fingerprint density at radius 3 is 2.53 bits per heavy atom. The minimum absolute atomic E-state index is 0.0509. The summed E-state index contributed by atoms with van der Waals surface area (Å²) in [5.41, 5.74) is 3.35. The van der Waals surface area contributed by atoms with Gasteiger partial charge in [0, 0.05) is 23.3 Å². The fourth-order valence-corrected chi connectivity index (χ4v) is 4.60. The summed E-state index contributed by atoms with van der Waals surface area (Å²) in [6, 6.07) is 13.0. The van der Waals surface area contributed by atoms with Crippen LogP contribution in [-0.2, 0) is 4.79 Å². The van der Waals surface area contributed by atoms with Crippen LogP contribution in [-0.4, -0.2) is 47.3 Å². The van der Waals surface area contributed by atoms with E-state index in [4.69, 9.17) is 14.2 Å². The second-order valence-corrected chi connectivity index (χ2v) is 7.75. The number of ether oxygens (including phenoxy) is 3. The van der Waals surface area contributed by atoms with Crippen LogP contribution in [0.4, 0.5) is 5.95 Å². The lowest BCUT2D eigenvalue weighted by atomic mass is 9.77. The molecule has 2 heterocycles. The monoisotopic (exact) mass is 433 g/mol. The number of Topliss-reactive ketones (excluding diaryl/α,β-unsaturated/α-hetero) is 1. The number of hydrogen-bond donors (Lipinski definition) is 1. The van der Waals surface area contributed by atoms with Crippen molar-refractivity contribution >= 4 is 11.7 Å². The zero-order valence-electron chi connectivity index (χ0n) is 18.0. The second-order valence-electron chi connectivity index (χ2n) is 7.75. The lowest BCUT2D eigenvalue weighted by Gasteiger charge is -2.35. The van der Waals surface area contributed by atoms with E-state index in [-0.39, 0.29) is 11.7 Å². The van der Waals surface area contributed by atoms with Gasteiger partial charge in [-0.1, -0.05) is 29.4 Å². The van der Waals surface area contributed by atoms with E-state index >= 15 is 0 Å². The molecule has 0 unspecified atom stereocenters. The van der Waals surface area contributed by atoms with Crippen LogP contribution >= 0.6 is 0 Å². The van der Waals surface area contributed by atoms with Crippen molar-refractivity contribution in [1.29, 1.82) is 0 Å².